The molecule has 0 N–H and O–H groups in total. The Balaban J connectivity index is 1.97. The van der Waals surface area contributed by atoms with Crippen LogP contribution in [0.1, 0.15) is 6.92 Å². The summed E-state index contributed by atoms with van der Waals surface area (Å²) in [5.74, 6) is 2.47. The molecule has 1 aliphatic heterocycles. The normalized spacial score (nSPS) is 26.9. The number of terminal acetylenes is 1. The van der Waals surface area contributed by atoms with Gasteiger partial charge in [-0.25, -0.2) is 0 Å². The van der Waals surface area contributed by atoms with Crippen LogP contribution in [0.5, 0.6) is 0 Å². The first-order valence-corrected chi connectivity index (χ1v) is 3.02. The van der Waals surface area contributed by atoms with E-state index < -0.39 is 0 Å². The molecule has 0 aliphatic carbocycles. The molecular weight excluding hydrogens is 116 g/mol. The molecule has 0 radical (unpaired) electrons. The second kappa shape index (κ2) is 2.86. The predicted molar refractivity (Wildman–Crippen MR) is 34.0 cm³/mol. The second-order valence-corrected chi connectivity index (χ2v) is 2.10. The molecule has 1 saturated heterocycles. The van der Waals surface area contributed by atoms with E-state index in [1.54, 1.807) is 0 Å². The van der Waals surface area contributed by atoms with Gasteiger partial charge in [-0.3, -0.25) is 0 Å². The highest BCUT2D eigenvalue weighted by Crippen LogP contribution is 2.09. The molecule has 0 aromatic rings. The molecule has 1 heterocycles. The molecule has 0 amide bonds. The van der Waals surface area contributed by atoms with E-state index in [0.29, 0.717) is 12.7 Å². The zero-order chi connectivity index (χ0) is 6.69. The molecular formula is C7H10O2. The van der Waals surface area contributed by atoms with Crippen molar-refractivity contribution in [3.8, 4) is 12.3 Å². The van der Waals surface area contributed by atoms with Crippen LogP contribution in [0.3, 0.4) is 0 Å². The van der Waals surface area contributed by atoms with Crippen molar-refractivity contribution in [1.29, 1.82) is 0 Å². The van der Waals surface area contributed by atoms with Gasteiger partial charge in [0.05, 0.1) is 13.2 Å². The van der Waals surface area contributed by atoms with Crippen LogP contribution >= 0.6 is 0 Å². The molecule has 0 saturated carbocycles. The minimum atomic E-state index is -0.0748. The van der Waals surface area contributed by atoms with Crippen LogP contribution in [0, 0.1) is 12.3 Å². The van der Waals surface area contributed by atoms with E-state index in [1.165, 1.54) is 0 Å². The molecule has 0 aromatic heterocycles. The molecule has 2 atom stereocenters. The highest BCUT2D eigenvalue weighted by molar-refractivity contribution is 4.91. The van der Waals surface area contributed by atoms with E-state index in [9.17, 15) is 0 Å². The summed E-state index contributed by atoms with van der Waals surface area (Å²) in [6, 6.07) is 0. The van der Waals surface area contributed by atoms with Gasteiger partial charge >= 0.3 is 0 Å². The molecule has 1 rings (SSSR count). The average Bonchev–Trinajstić information content (AvgIpc) is 2.65. The summed E-state index contributed by atoms with van der Waals surface area (Å²) in [7, 11) is 0. The van der Waals surface area contributed by atoms with E-state index in [4.69, 9.17) is 15.9 Å². The van der Waals surface area contributed by atoms with Crippen molar-refractivity contribution in [2.24, 2.45) is 0 Å². The summed E-state index contributed by atoms with van der Waals surface area (Å²) in [4.78, 5) is 0. The van der Waals surface area contributed by atoms with Gasteiger partial charge in [-0.2, -0.15) is 0 Å². The third-order valence-electron chi connectivity index (χ3n) is 1.17. The molecule has 2 unspecified atom stereocenters. The predicted octanol–water partition coefficient (Wildman–Crippen LogP) is 0.423. The summed E-state index contributed by atoms with van der Waals surface area (Å²) in [6.07, 6.45) is 5.31. The van der Waals surface area contributed by atoms with Crippen molar-refractivity contribution < 1.29 is 9.47 Å². The Kier molecular flexibility index (Phi) is 2.10. The van der Waals surface area contributed by atoms with Crippen molar-refractivity contribution in [2.45, 2.75) is 19.1 Å². The van der Waals surface area contributed by atoms with Gasteiger partial charge in [0.1, 0.15) is 12.2 Å². The molecule has 50 valence electrons. The zero-order valence-corrected chi connectivity index (χ0v) is 5.46. The zero-order valence-electron chi connectivity index (χ0n) is 5.46. The van der Waals surface area contributed by atoms with Crippen molar-refractivity contribution >= 4 is 0 Å². The van der Waals surface area contributed by atoms with Gasteiger partial charge in [0, 0.05) is 0 Å². The van der Waals surface area contributed by atoms with Gasteiger partial charge in [-0.05, 0) is 6.92 Å². The van der Waals surface area contributed by atoms with Crippen LogP contribution in [-0.4, -0.2) is 25.4 Å². The first kappa shape index (κ1) is 6.60. The maximum absolute atomic E-state index is 5.15. The van der Waals surface area contributed by atoms with Crippen LogP contribution in [0.25, 0.3) is 0 Å². The van der Waals surface area contributed by atoms with E-state index in [-0.39, 0.29) is 6.10 Å². The summed E-state index contributed by atoms with van der Waals surface area (Å²) in [5, 5.41) is 0. The monoisotopic (exact) mass is 126 g/mol. The Bertz CT molecular complexity index is 121. The summed E-state index contributed by atoms with van der Waals surface area (Å²) >= 11 is 0. The van der Waals surface area contributed by atoms with E-state index in [0.717, 1.165) is 6.61 Å². The quantitative estimate of drug-likeness (QED) is 0.404. The molecule has 0 aromatic carbocycles. The first-order chi connectivity index (χ1) is 4.33. The van der Waals surface area contributed by atoms with Crippen LogP contribution in [0.4, 0.5) is 0 Å². The van der Waals surface area contributed by atoms with Gasteiger partial charge in [0.25, 0.3) is 0 Å². The van der Waals surface area contributed by atoms with E-state index in [1.807, 2.05) is 6.92 Å². The Hall–Kier alpha value is -0.520. The Morgan fingerprint density at radius 3 is 3.11 bits per heavy atom. The fourth-order valence-electron chi connectivity index (χ4n) is 0.464. The molecule has 1 aliphatic rings. The Morgan fingerprint density at radius 1 is 2.00 bits per heavy atom. The summed E-state index contributed by atoms with van der Waals surface area (Å²) in [6.45, 7) is 3.32. The lowest BCUT2D eigenvalue weighted by molar-refractivity contribution is 0.0888. The maximum atomic E-state index is 5.15. The fraction of sp³-hybridized carbons (Fsp3) is 0.714. The number of hydrogen-bond donors (Lipinski definition) is 0. The SMILES string of the molecule is C#CC(C)OCC1CO1. The van der Waals surface area contributed by atoms with Gasteiger partial charge in [-0.15, -0.1) is 6.42 Å². The third-order valence-corrected chi connectivity index (χ3v) is 1.17. The van der Waals surface area contributed by atoms with E-state index in [2.05, 4.69) is 5.92 Å². The number of epoxide rings is 1. The van der Waals surface area contributed by atoms with Gasteiger partial charge < -0.3 is 9.47 Å². The lowest BCUT2D eigenvalue weighted by atomic mass is 10.4. The van der Waals surface area contributed by atoms with Crippen molar-refractivity contribution in [3.63, 3.8) is 0 Å². The molecule has 2 nitrogen and oxygen atoms in total. The molecule has 2 heteroatoms. The van der Waals surface area contributed by atoms with E-state index >= 15 is 0 Å². The van der Waals surface area contributed by atoms with Crippen molar-refractivity contribution in [1.82, 2.24) is 0 Å². The van der Waals surface area contributed by atoms with Crippen LogP contribution in [-0.2, 0) is 9.47 Å². The molecule has 0 spiro atoms. The number of hydrogen-bond acceptors (Lipinski definition) is 2. The largest absolute Gasteiger partial charge is 0.371 e. The van der Waals surface area contributed by atoms with Gasteiger partial charge in [0.2, 0.25) is 0 Å². The van der Waals surface area contributed by atoms with Crippen molar-refractivity contribution in [3.05, 3.63) is 0 Å². The summed E-state index contributed by atoms with van der Waals surface area (Å²) in [5.41, 5.74) is 0. The number of rotatable bonds is 3. The van der Waals surface area contributed by atoms with Gasteiger partial charge in [0.15, 0.2) is 0 Å². The second-order valence-electron chi connectivity index (χ2n) is 2.10. The minimum absolute atomic E-state index is 0.0748. The smallest absolute Gasteiger partial charge is 0.115 e. The maximum Gasteiger partial charge on any atom is 0.115 e. The Labute approximate surface area is 55.1 Å². The molecule has 0 bridgehead atoms. The first-order valence-electron chi connectivity index (χ1n) is 3.02. The van der Waals surface area contributed by atoms with Crippen LogP contribution in [0.15, 0.2) is 0 Å². The number of ether oxygens (including phenoxy) is 2. The highest BCUT2D eigenvalue weighted by Gasteiger charge is 2.22. The standard InChI is InChI=1S/C7H10O2/c1-3-6(2)8-4-7-5-9-7/h1,6-7H,4-5H2,2H3. The highest BCUT2D eigenvalue weighted by atomic mass is 16.6. The lowest BCUT2D eigenvalue weighted by Gasteiger charge is -2.02. The van der Waals surface area contributed by atoms with Crippen LogP contribution < -0.4 is 0 Å². The molecule has 9 heavy (non-hydrogen) atoms. The summed E-state index contributed by atoms with van der Waals surface area (Å²) < 4.78 is 10.1. The van der Waals surface area contributed by atoms with Crippen LogP contribution in [0.2, 0.25) is 0 Å². The van der Waals surface area contributed by atoms with Crippen molar-refractivity contribution in [2.75, 3.05) is 13.2 Å². The topological polar surface area (TPSA) is 21.8 Å². The van der Waals surface area contributed by atoms with Gasteiger partial charge in [-0.1, -0.05) is 5.92 Å². The Morgan fingerprint density at radius 2 is 2.67 bits per heavy atom. The molecule has 1 fully saturated rings. The minimum Gasteiger partial charge on any atom is -0.371 e. The fourth-order valence-corrected chi connectivity index (χ4v) is 0.464. The average molecular weight is 126 g/mol. The lowest BCUT2D eigenvalue weighted by Crippen LogP contribution is -2.09. The third kappa shape index (κ3) is 2.50.